The normalized spacial score (nSPS) is 15.5. The Bertz CT molecular complexity index is 811. The van der Waals surface area contributed by atoms with Crippen molar-refractivity contribution in [2.45, 2.75) is 13.5 Å². The van der Waals surface area contributed by atoms with Crippen LogP contribution in [0.4, 0.5) is 0 Å². The number of piperazine rings is 1. The maximum Gasteiger partial charge on any atom is 0.338 e. The van der Waals surface area contributed by atoms with E-state index < -0.39 is 5.97 Å². The molecule has 2 aromatic rings. The molecule has 5 heteroatoms. The van der Waals surface area contributed by atoms with Crippen molar-refractivity contribution in [2.75, 3.05) is 39.8 Å². The summed E-state index contributed by atoms with van der Waals surface area (Å²) >= 11 is 0. The molecule has 2 aromatic carbocycles. The van der Waals surface area contributed by atoms with Gasteiger partial charge in [-0.05, 0) is 37.7 Å². The number of hydrogen-bond acceptors (Lipinski definition) is 5. The smallest absolute Gasteiger partial charge is 0.338 e. The zero-order valence-corrected chi connectivity index (χ0v) is 16.0. The number of benzene rings is 2. The molecule has 0 bridgehead atoms. The zero-order valence-electron chi connectivity index (χ0n) is 16.0. The first-order valence-corrected chi connectivity index (χ1v) is 9.38. The lowest BCUT2D eigenvalue weighted by molar-refractivity contribution is 0.0526. The number of rotatable bonds is 6. The van der Waals surface area contributed by atoms with E-state index in [0.717, 1.165) is 38.3 Å². The molecular formula is C22H26N2O3. The fourth-order valence-electron chi connectivity index (χ4n) is 3.24. The minimum Gasteiger partial charge on any atom is -0.462 e. The number of ketones is 1. The number of ether oxygens (including phenoxy) is 1. The van der Waals surface area contributed by atoms with Crippen LogP contribution in [0, 0.1) is 0 Å². The minimum atomic E-state index is -0.407. The van der Waals surface area contributed by atoms with Gasteiger partial charge in [0.05, 0.1) is 12.2 Å². The van der Waals surface area contributed by atoms with E-state index >= 15 is 0 Å². The van der Waals surface area contributed by atoms with Crippen LogP contribution in [-0.2, 0) is 11.3 Å². The first kappa shape index (κ1) is 19.3. The van der Waals surface area contributed by atoms with Gasteiger partial charge in [0.1, 0.15) is 0 Å². The summed E-state index contributed by atoms with van der Waals surface area (Å²) < 4.78 is 5.02. The number of likely N-dealkylation sites (N-methyl/N-ethyl adjacent to an activating group) is 1. The van der Waals surface area contributed by atoms with Crippen LogP contribution in [0.15, 0.2) is 48.5 Å². The van der Waals surface area contributed by atoms with Crippen LogP contribution in [0.1, 0.15) is 38.8 Å². The predicted molar refractivity (Wildman–Crippen MR) is 105 cm³/mol. The highest BCUT2D eigenvalue weighted by Gasteiger charge is 2.16. The summed E-state index contributed by atoms with van der Waals surface area (Å²) in [5.41, 5.74) is 2.67. The second kappa shape index (κ2) is 8.93. The average Bonchev–Trinajstić information content (AvgIpc) is 2.70. The summed E-state index contributed by atoms with van der Waals surface area (Å²) in [7, 11) is 2.14. The Kier molecular flexibility index (Phi) is 6.37. The van der Waals surface area contributed by atoms with Crippen LogP contribution in [0.5, 0.6) is 0 Å². The summed E-state index contributed by atoms with van der Waals surface area (Å²) in [5, 5.41) is 0. The second-order valence-corrected chi connectivity index (χ2v) is 6.91. The molecule has 1 fully saturated rings. The Hall–Kier alpha value is -2.50. The van der Waals surface area contributed by atoms with Crippen LogP contribution in [-0.4, -0.2) is 61.4 Å². The molecule has 0 aromatic heterocycles. The third-order valence-corrected chi connectivity index (χ3v) is 4.83. The average molecular weight is 366 g/mol. The van der Waals surface area contributed by atoms with Gasteiger partial charge in [0.15, 0.2) is 5.78 Å². The standard InChI is InChI=1S/C22H26N2O3/c1-3-27-22(26)20-9-5-8-19(15-20)21(25)18-7-4-6-17(14-18)16-24-12-10-23(2)11-13-24/h4-9,14-15H,3,10-13,16H2,1-2H3. The molecule has 1 saturated heterocycles. The summed E-state index contributed by atoms with van der Waals surface area (Å²) in [6, 6.07) is 14.5. The van der Waals surface area contributed by atoms with Crippen molar-refractivity contribution >= 4 is 11.8 Å². The lowest BCUT2D eigenvalue weighted by Crippen LogP contribution is -2.43. The Labute approximate surface area is 160 Å². The third kappa shape index (κ3) is 5.02. The molecule has 0 radical (unpaired) electrons. The summed E-state index contributed by atoms with van der Waals surface area (Å²) in [6.07, 6.45) is 0. The van der Waals surface area contributed by atoms with Gasteiger partial charge >= 0.3 is 5.97 Å². The fraction of sp³-hybridized carbons (Fsp3) is 0.364. The van der Waals surface area contributed by atoms with Crippen molar-refractivity contribution in [1.82, 2.24) is 9.80 Å². The number of esters is 1. The Morgan fingerprint density at radius 2 is 1.56 bits per heavy atom. The Morgan fingerprint density at radius 3 is 2.26 bits per heavy atom. The van der Waals surface area contributed by atoms with E-state index in [4.69, 9.17) is 4.74 Å². The Morgan fingerprint density at radius 1 is 0.926 bits per heavy atom. The molecule has 5 nitrogen and oxygen atoms in total. The number of carbonyl (C=O) groups excluding carboxylic acids is 2. The molecule has 0 amide bonds. The third-order valence-electron chi connectivity index (χ3n) is 4.83. The van der Waals surface area contributed by atoms with Crippen molar-refractivity contribution in [3.63, 3.8) is 0 Å². The van der Waals surface area contributed by atoms with Crippen LogP contribution in [0.2, 0.25) is 0 Å². The predicted octanol–water partition coefficient (Wildman–Crippen LogP) is 2.84. The quantitative estimate of drug-likeness (QED) is 0.581. The monoisotopic (exact) mass is 366 g/mol. The topological polar surface area (TPSA) is 49.9 Å². The highest BCUT2D eigenvalue weighted by Crippen LogP contribution is 2.16. The summed E-state index contributed by atoms with van der Waals surface area (Å²) in [4.78, 5) is 29.5. The first-order chi connectivity index (χ1) is 13.1. The van der Waals surface area contributed by atoms with Gasteiger partial charge in [0.2, 0.25) is 0 Å². The van der Waals surface area contributed by atoms with E-state index in [1.807, 2.05) is 18.2 Å². The highest BCUT2D eigenvalue weighted by molar-refractivity contribution is 6.10. The highest BCUT2D eigenvalue weighted by atomic mass is 16.5. The van der Waals surface area contributed by atoms with Crippen LogP contribution >= 0.6 is 0 Å². The molecule has 27 heavy (non-hydrogen) atoms. The first-order valence-electron chi connectivity index (χ1n) is 9.38. The molecule has 0 unspecified atom stereocenters. The zero-order chi connectivity index (χ0) is 19.2. The van der Waals surface area contributed by atoms with Crippen LogP contribution in [0.3, 0.4) is 0 Å². The van der Waals surface area contributed by atoms with Crippen molar-refractivity contribution in [1.29, 1.82) is 0 Å². The van der Waals surface area contributed by atoms with E-state index in [-0.39, 0.29) is 5.78 Å². The molecule has 1 heterocycles. The van der Waals surface area contributed by atoms with E-state index in [1.54, 1.807) is 31.2 Å². The lowest BCUT2D eigenvalue weighted by Gasteiger charge is -2.32. The van der Waals surface area contributed by atoms with E-state index in [1.165, 1.54) is 0 Å². The summed E-state index contributed by atoms with van der Waals surface area (Å²) in [6.45, 7) is 7.13. The van der Waals surface area contributed by atoms with E-state index in [0.29, 0.717) is 23.3 Å². The van der Waals surface area contributed by atoms with Crippen molar-refractivity contribution in [3.8, 4) is 0 Å². The molecule has 0 spiro atoms. The molecule has 0 N–H and O–H groups in total. The molecule has 1 aliphatic rings. The fourth-order valence-corrected chi connectivity index (χ4v) is 3.24. The van der Waals surface area contributed by atoms with E-state index in [9.17, 15) is 9.59 Å². The lowest BCUT2D eigenvalue weighted by atomic mass is 9.99. The summed E-state index contributed by atoms with van der Waals surface area (Å²) in [5.74, 6) is -0.489. The number of hydrogen-bond donors (Lipinski definition) is 0. The molecule has 1 aliphatic heterocycles. The molecule has 0 atom stereocenters. The molecular weight excluding hydrogens is 340 g/mol. The number of nitrogens with zero attached hydrogens (tertiary/aromatic N) is 2. The van der Waals surface area contributed by atoms with Gasteiger partial charge in [-0.1, -0.05) is 30.3 Å². The van der Waals surface area contributed by atoms with Crippen LogP contribution in [0.25, 0.3) is 0 Å². The van der Waals surface area contributed by atoms with E-state index in [2.05, 4.69) is 22.9 Å². The van der Waals surface area contributed by atoms with Crippen molar-refractivity contribution in [2.24, 2.45) is 0 Å². The molecule has 0 aliphatic carbocycles. The largest absolute Gasteiger partial charge is 0.462 e. The van der Waals surface area contributed by atoms with Crippen molar-refractivity contribution in [3.05, 3.63) is 70.8 Å². The van der Waals surface area contributed by atoms with Gasteiger partial charge < -0.3 is 9.64 Å². The van der Waals surface area contributed by atoms with Gasteiger partial charge in [-0.15, -0.1) is 0 Å². The second-order valence-electron chi connectivity index (χ2n) is 6.91. The Balaban J connectivity index is 1.73. The van der Waals surface area contributed by atoms with Gasteiger partial charge in [-0.3, -0.25) is 9.69 Å². The maximum absolute atomic E-state index is 12.9. The van der Waals surface area contributed by atoms with Gasteiger partial charge in [0, 0.05) is 43.9 Å². The van der Waals surface area contributed by atoms with Crippen molar-refractivity contribution < 1.29 is 14.3 Å². The molecule has 3 rings (SSSR count). The number of carbonyl (C=O) groups is 2. The SMILES string of the molecule is CCOC(=O)c1cccc(C(=O)c2cccc(CN3CCN(C)CC3)c2)c1. The molecule has 0 saturated carbocycles. The van der Waals surface area contributed by atoms with Gasteiger partial charge in [-0.25, -0.2) is 4.79 Å². The van der Waals surface area contributed by atoms with Gasteiger partial charge in [-0.2, -0.15) is 0 Å². The maximum atomic E-state index is 12.9. The van der Waals surface area contributed by atoms with Crippen LogP contribution < -0.4 is 0 Å². The minimum absolute atomic E-state index is 0.0821. The van der Waals surface area contributed by atoms with Gasteiger partial charge in [0.25, 0.3) is 0 Å². The molecule has 142 valence electrons.